The topological polar surface area (TPSA) is 102 Å². The predicted molar refractivity (Wildman–Crippen MR) is 72.8 cm³/mol. The molecule has 1 aromatic rings. The first-order valence-electron chi connectivity index (χ1n) is 6.15. The van der Waals surface area contributed by atoms with Gasteiger partial charge in [0.2, 0.25) is 0 Å². The van der Waals surface area contributed by atoms with E-state index < -0.39 is 25.3 Å². The van der Waals surface area contributed by atoms with Gasteiger partial charge < -0.3 is 24.3 Å². The fourth-order valence-electron chi connectivity index (χ4n) is 2.07. The highest BCUT2D eigenvalue weighted by molar-refractivity contribution is 6.62. The maximum Gasteiger partial charge on any atom is 0.513 e. The predicted octanol–water partition coefficient (Wildman–Crippen LogP) is 1.11. The number of hydrogen-bond acceptors (Lipinski definition) is 6. The molecule has 0 aliphatic carbocycles. The Balaban J connectivity index is 2.28. The minimum atomic E-state index is -1.33. The van der Waals surface area contributed by atoms with E-state index in [2.05, 4.69) is 4.74 Å². The molecule has 0 spiro atoms. The van der Waals surface area contributed by atoms with Crippen LogP contribution in [0, 0.1) is 0 Å². The average Bonchev–Trinajstić information content (AvgIpc) is 2.65. The molecule has 112 valence electrons. The molecule has 1 aliphatic rings. The monoisotopic (exact) mass is 314 g/mol. The summed E-state index contributed by atoms with van der Waals surface area (Å²) in [6, 6.07) is 2.71. The van der Waals surface area contributed by atoms with Gasteiger partial charge in [0.1, 0.15) is 5.75 Å². The van der Waals surface area contributed by atoms with Crippen LogP contribution in [-0.2, 0) is 14.2 Å². The van der Waals surface area contributed by atoms with Gasteiger partial charge in [-0.25, -0.2) is 4.79 Å². The van der Waals surface area contributed by atoms with Gasteiger partial charge in [-0.15, -0.1) is 0 Å². The third kappa shape index (κ3) is 3.47. The van der Waals surface area contributed by atoms with Crippen LogP contribution in [0.3, 0.4) is 0 Å². The van der Waals surface area contributed by atoms with Crippen LogP contribution in [-0.4, -0.2) is 36.0 Å². The minimum Gasteiger partial charge on any atom is -0.481 e. The molecule has 0 bridgehead atoms. The quantitative estimate of drug-likeness (QED) is 0.487. The van der Waals surface area contributed by atoms with Crippen molar-refractivity contribution in [2.45, 2.75) is 19.4 Å². The van der Waals surface area contributed by atoms with Crippen LogP contribution in [0.2, 0.25) is 5.02 Å². The first-order chi connectivity index (χ1) is 9.92. The molecule has 0 saturated heterocycles. The SMILES string of the molecule is CCOC(=O)Oc1cc(Cl)c2c(c1)B(O)OC2CC(=O)O. The zero-order valence-corrected chi connectivity index (χ0v) is 11.8. The van der Waals surface area contributed by atoms with E-state index in [4.69, 9.17) is 26.1 Å². The van der Waals surface area contributed by atoms with Crippen molar-refractivity contribution in [2.24, 2.45) is 0 Å². The van der Waals surface area contributed by atoms with E-state index in [1.54, 1.807) is 6.92 Å². The summed E-state index contributed by atoms with van der Waals surface area (Å²) in [5, 5.41) is 18.8. The molecule has 1 unspecified atom stereocenters. The van der Waals surface area contributed by atoms with Gasteiger partial charge in [-0.2, -0.15) is 0 Å². The van der Waals surface area contributed by atoms with E-state index in [1.807, 2.05) is 0 Å². The Morgan fingerprint density at radius 2 is 2.19 bits per heavy atom. The third-order valence-electron chi connectivity index (χ3n) is 2.84. The zero-order chi connectivity index (χ0) is 15.6. The zero-order valence-electron chi connectivity index (χ0n) is 11.0. The lowest BCUT2D eigenvalue weighted by molar-refractivity contribution is -0.138. The smallest absolute Gasteiger partial charge is 0.481 e. The molecule has 0 aromatic heterocycles. The Bertz CT molecular complexity index is 577. The second-order valence-electron chi connectivity index (χ2n) is 4.27. The van der Waals surface area contributed by atoms with Crippen LogP contribution < -0.4 is 10.2 Å². The highest BCUT2D eigenvalue weighted by atomic mass is 35.5. The van der Waals surface area contributed by atoms with Crippen LogP contribution in [0.15, 0.2) is 12.1 Å². The lowest BCUT2D eigenvalue weighted by Gasteiger charge is -2.11. The van der Waals surface area contributed by atoms with Gasteiger partial charge in [0.15, 0.2) is 0 Å². The molecular weight excluding hydrogens is 302 g/mol. The van der Waals surface area contributed by atoms with E-state index in [0.29, 0.717) is 5.56 Å². The van der Waals surface area contributed by atoms with Crippen molar-refractivity contribution in [2.75, 3.05) is 6.61 Å². The van der Waals surface area contributed by atoms with Crippen LogP contribution in [0.4, 0.5) is 4.79 Å². The number of carbonyl (C=O) groups is 2. The van der Waals surface area contributed by atoms with Crippen LogP contribution in [0.25, 0.3) is 0 Å². The van der Waals surface area contributed by atoms with E-state index in [-0.39, 0.29) is 29.3 Å². The fourth-order valence-corrected chi connectivity index (χ4v) is 2.40. The van der Waals surface area contributed by atoms with Gasteiger partial charge in [-0.3, -0.25) is 4.79 Å². The van der Waals surface area contributed by atoms with Crippen molar-refractivity contribution < 1.29 is 33.8 Å². The summed E-state index contributed by atoms with van der Waals surface area (Å²) in [6.07, 6.45) is -2.08. The third-order valence-corrected chi connectivity index (χ3v) is 3.15. The Morgan fingerprint density at radius 1 is 1.48 bits per heavy atom. The molecule has 0 saturated carbocycles. The number of hydrogen-bond donors (Lipinski definition) is 2. The van der Waals surface area contributed by atoms with E-state index in [9.17, 15) is 14.6 Å². The molecule has 9 heteroatoms. The normalized spacial score (nSPS) is 16.5. The molecule has 0 fully saturated rings. The Morgan fingerprint density at radius 3 is 2.81 bits per heavy atom. The number of carbonyl (C=O) groups excluding carboxylic acids is 1. The van der Waals surface area contributed by atoms with E-state index in [1.165, 1.54) is 12.1 Å². The van der Waals surface area contributed by atoms with E-state index in [0.717, 1.165) is 0 Å². The molecule has 1 aromatic carbocycles. The number of aliphatic carboxylic acids is 1. The van der Waals surface area contributed by atoms with Crippen molar-refractivity contribution in [3.05, 3.63) is 22.7 Å². The summed E-state index contributed by atoms with van der Waals surface area (Å²) in [5.74, 6) is -1.00. The maximum absolute atomic E-state index is 11.3. The molecule has 2 N–H and O–H groups in total. The number of rotatable bonds is 4. The molecule has 0 amide bonds. The molecule has 0 radical (unpaired) electrons. The van der Waals surface area contributed by atoms with Gasteiger partial charge in [-0.05, 0) is 30.1 Å². The number of fused-ring (bicyclic) bond motifs is 1. The van der Waals surface area contributed by atoms with Crippen molar-refractivity contribution >= 4 is 36.3 Å². The second-order valence-corrected chi connectivity index (χ2v) is 4.68. The minimum absolute atomic E-state index is 0.0795. The molecule has 21 heavy (non-hydrogen) atoms. The summed E-state index contributed by atoms with van der Waals surface area (Å²) in [4.78, 5) is 22.0. The maximum atomic E-state index is 11.3. The molecular formula is C12H12BClO7. The van der Waals surface area contributed by atoms with Gasteiger partial charge in [0.25, 0.3) is 0 Å². The molecule has 1 heterocycles. The highest BCUT2D eigenvalue weighted by Crippen LogP contribution is 2.34. The summed E-state index contributed by atoms with van der Waals surface area (Å²) in [6.45, 7) is 1.79. The van der Waals surface area contributed by atoms with Gasteiger partial charge >= 0.3 is 19.2 Å². The summed E-state index contributed by atoms with van der Waals surface area (Å²) in [5.41, 5.74) is 0.649. The number of carboxylic acids is 1. The van der Waals surface area contributed by atoms with Crippen molar-refractivity contribution in [3.63, 3.8) is 0 Å². The first-order valence-corrected chi connectivity index (χ1v) is 6.53. The highest BCUT2D eigenvalue weighted by Gasteiger charge is 2.38. The Hall–Kier alpha value is -1.77. The number of ether oxygens (including phenoxy) is 2. The van der Waals surface area contributed by atoms with Crippen molar-refractivity contribution in [3.8, 4) is 5.75 Å². The second kappa shape index (κ2) is 6.34. The molecule has 7 nitrogen and oxygen atoms in total. The molecule has 1 atom stereocenters. The molecule has 1 aliphatic heterocycles. The number of halogens is 1. The Kier molecular flexibility index (Phi) is 4.71. The Labute approximate surface area is 125 Å². The summed E-state index contributed by atoms with van der Waals surface area (Å²) < 4.78 is 14.7. The first kappa shape index (κ1) is 15.6. The van der Waals surface area contributed by atoms with Gasteiger partial charge in [-0.1, -0.05) is 11.6 Å². The van der Waals surface area contributed by atoms with Gasteiger partial charge in [0, 0.05) is 5.02 Å². The van der Waals surface area contributed by atoms with Crippen LogP contribution in [0.5, 0.6) is 5.75 Å². The lowest BCUT2D eigenvalue weighted by atomic mass is 9.79. The number of benzene rings is 1. The van der Waals surface area contributed by atoms with Crippen LogP contribution in [0.1, 0.15) is 25.0 Å². The standard InChI is InChI=1S/C12H12BClO7/c1-2-19-12(17)20-6-3-7-11(8(14)4-6)9(5-10(15)16)21-13(7)18/h3-4,9,18H,2,5H2,1H3,(H,15,16). The number of carboxylic acid groups (broad SMARTS) is 1. The lowest BCUT2D eigenvalue weighted by Crippen LogP contribution is -2.28. The summed E-state index contributed by atoms with van der Waals surface area (Å²) in [7, 11) is -1.33. The van der Waals surface area contributed by atoms with Gasteiger partial charge in [0.05, 0.1) is 19.1 Å². The average molecular weight is 314 g/mol. The van der Waals surface area contributed by atoms with Crippen LogP contribution >= 0.6 is 11.6 Å². The van der Waals surface area contributed by atoms with Crippen molar-refractivity contribution in [1.29, 1.82) is 0 Å². The summed E-state index contributed by atoms with van der Waals surface area (Å²) >= 11 is 6.06. The van der Waals surface area contributed by atoms with E-state index >= 15 is 0 Å². The molecule has 2 rings (SSSR count). The fraction of sp³-hybridized carbons (Fsp3) is 0.333. The van der Waals surface area contributed by atoms with Crippen molar-refractivity contribution in [1.82, 2.24) is 0 Å². The largest absolute Gasteiger partial charge is 0.513 e.